The van der Waals surface area contributed by atoms with E-state index in [1.54, 1.807) is 0 Å². The standard InChI is InChI=1S/C28H42N2O3/c1-19(2)25(31)24(20-11-7-6-8-12-20)29-26(32)22-14-9-13-21(17-22)23-15-10-16-30(18-23)27(33)28(3,4)5/h9,13-14,17,19-20,23-24H,6-8,10-12,15-16,18H2,1-5H3,(H,29,32). The quantitative estimate of drug-likeness (QED) is 0.631. The van der Waals surface area contributed by atoms with Gasteiger partial charge in [0.05, 0.1) is 6.04 Å². The molecule has 2 unspecified atom stereocenters. The second kappa shape index (κ2) is 10.8. The molecule has 0 radical (unpaired) electrons. The zero-order valence-corrected chi connectivity index (χ0v) is 21.2. The minimum Gasteiger partial charge on any atom is -0.342 e. The van der Waals surface area contributed by atoms with Crippen molar-refractivity contribution in [2.75, 3.05) is 13.1 Å². The largest absolute Gasteiger partial charge is 0.342 e. The monoisotopic (exact) mass is 454 g/mol. The van der Waals surface area contributed by atoms with Crippen LogP contribution in [0.25, 0.3) is 0 Å². The summed E-state index contributed by atoms with van der Waals surface area (Å²) in [6.07, 6.45) is 7.45. The smallest absolute Gasteiger partial charge is 0.251 e. The van der Waals surface area contributed by atoms with Gasteiger partial charge in [-0.3, -0.25) is 14.4 Å². The fourth-order valence-corrected chi connectivity index (χ4v) is 5.31. The number of benzene rings is 1. The van der Waals surface area contributed by atoms with Crippen LogP contribution in [0.3, 0.4) is 0 Å². The lowest BCUT2D eigenvalue weighted by Crippen LogP contribution is -2.48. The van der Waals surface area contributed by atoms with E-state index >= 15 is 0 Å². The Balaban J connectivity index is 1.74. The van der Waals surface area contributed by atoms with E-state index in [-0.39, 0.29) is 40.8 Å². The Hall–Kier alpha value is -2.17. The van der Waals surface area contributed by atoms with Crippen molar-refractivity contribution in [2.24, 2.45) is 17.3 Å². The van der Waals surface area contributed by atoms with Gasteiger partial charge in [-0.25, -0.2) is 0 Å². The summed E-state index contributed by atoms with van der Waals surface area (Å²) >= 11 is 0. The average molecular weight is 455 g/mol. The number of nitrogens with one attached hydrogen (secondary N) is 1. The van der Waals surface area contributed by atoms with Crippen LogP contribution in [0, 0.1) is 17.3 Å². The fourth-order valence-electron chi connectivity index (χ4n) is 5.31. The average Bonchev–Trinajstić information content (AvgIpc) is 2.81. The molecule has 2 aliphatic rings. The molecule has 5 heteroatoms. The number of likely N-dealkylation sites (tertiary alicyclic amines) is 1. The van der Waals surface area contributed by atoms with Gasteiger partial charge in [0.15, 0.2) is 5.78 Å². The minimum absolute atomic E-state index is 0.0999. The number of Topliss-reactive ketones (excluding diaryl/α,β-unsaturated/α-hetero) is 1. The Bertz CT molecular complexity index is 849. The van der Waals surface area contributed by atoms with Crippen LogP contribution < -0.4 is 5.32 Å². The van der Waals surface area contributed by atoms with E-state index in [2.05, 4.69) is 11.4 Å². The normalized spacial score (nSPS) is 21.0. The van der Waals surface area contributed by atoms with Crippen LogP contribution in [0.2, 0.25) is 0 Å². The molecule has 3 rings (SSSR count). The van der Waals surface area contributed by atoms with Crippen LogP contribution in [0.4, 0.5) is 0 Å². The van der Waals surface area contributed by atoms with Crippen molar-refractivity contribution in [3.8, 4) is 0 Å². The lowest BCUT2D eigenvalue weighted by Gasteiger charge is -2.36. The first-order chi connectivity index (χ1) is 15.6. The van der Waals surface area contributed by atoms with Crippen molar-refractivity contribution in [1.29, 1.82) is 0 Å². The van der Waals surface area contributed by atoms with Gasteiger partial charge in [-0.2, -0.15) is 0 Å². The van der Waals surface area contributed by atoms with Crippen molar-refractivity contribution in [3.63, 3.8) is 0 Å². The van der Waals surface area contributed by atoms with E-state index in [0.717, 1.165) is 50.6 Å². The first-order valence-corrected chi connectivity index (χ1v) is 12.8. The number of piperidine rings is 1. The topological polar surface area (TPSA) is 66.5 Å². The minimum atomic E-state index is -0.406. The molecule has 0 spiro atoms. The van der Waals surface area contributed by atoms with Crippen LogP contribution in [0.5, 0.6) is 0 Å². The fraction of sp³-hybridized carbons (Fsp3) is 0.679. The number of carbonyl (C=O) groups excluding carboxylic acids is 3. The van der Waals surface area contributed by atoms with E-state index in [9.17, 15) is 14.4 Å². The number of amides is 2. The SMILES string of the molecule is CC(C)C(=O)C(NC(=O)c1cccc(C2CCCN(C(=O)C(C)(C)C)C2)c1)C1CCCCC1. The predicted molar refractivity (Wildman–Crippen MR) is 132 cm³/mol. The van der Waals surface area contributed by atoms with Crippen molar-refractivity contribution < 1.29 is 14.4 Å². The van der Waals surface area contributed by atoms with Crippen molar-refractivity contribution in [3.05, 3.63) is 35.4 Å². The van der Waals surface area contributed by atoms with Gasteiger partial charge in [-0.05, 0) is 49.3 Å². The summed E-state index contributed by atoms with van der Waals surface area (Å²) in [6, 6.07) is 7.37. The van der Waals surface area contributed by atoms with Crippen LogP contribution in [0.15, 0.2) is 24.3 Å². The van der Waals surface area contributed by atoms with E-state index < -0.39 is 6.04 Å². The maximum absolute atomic E-state index is 13.2. The van der Waals surface area contributed by atoms with E-state index in [1.165, 1.54) is 6.42 Å². The van der Waals surface area contributed by atoms with E-state index in [1.807, 2.05) is 57.7 Å². The molecule has 1 aliphatic heterocycles. The van der Waals surface area contributed by atoms with E-state index in [4.69, 9.17) is 0 Å². The van der Waals surface area contributed by atoms with Gasteiger partial charge < -0.3 is 10.2 Å². The predicted octanol–water partition coefficient (Wildman–Crippen LogP) is 5.34. The lowest BCUT2D eigenvalue weighted by atomic mass is 9.80. The van der Waals surface area contributed by atoms with Gasteiger partial charge >= 0.3 is 0 Å². The molecule has 182 valence electrons. The number of carbonyl (C=O) groups is 3. The Morgan fingerprint density at radius 3 is 2.33 bits per heavy atom. The Morgan fingerprint density at radius 1 is 1.00 bits per heavy atom. The second-order valence-corrected chi connectivity index (χ2v) is 11.4. The molecule has 2 atom stereocenters. The molecule has 1 heterocycles. The number of hydrogen-bond donors (Lipinski definition) is 1. The molecule has 1 saturated heterocycles. The number of ketones is 1. The van der Waals surface area contributed by atoms with Crippen LogP contribution >= 0.6 is 0 Å². The summed E-state index contributed by atoms with van der Waals surface area (Å²) < 4.78 is 0. The molecule has 1 aliphatic carbocycles. The van der Waals surface area contributed by atoms with E-state index in [0.29, 0.717) is 12.1 Å². The van der Waals surface area contributed by atoms with Gasteiger partial charge in [0, 0.05) is 35.9 Å². The van der Waals surface area contributed by atoms with Gasteiger partial charge in [0.25, 0.3) is 5.91 Å². The number of nitrogens with zero attached hydrogens (tertiary/aromatic N) is 1. The zero-order valence-electron chi connectivity index (χ0n) is 21.2. The van der Waals surface area contributed by atoms with Gasteiger partial charge in [-0.1, -0.05) is 66.0 Å². The van der Waals surface area contributed by atoms with Gasteiger partial charge in [0.1, 0.15) is 0 Å². The molecule has 0 bridgehead atoms. The van der Waals surface area contributed by atoms with Crippen molar-refractivity contribution in [1.82, 2.24) is 10.2 Å². The lowest BCUT2D eigenvalue weighted by molar-refractivity contribution is -0.140. The third-order valence-corrected chi connectivity index (χ3v) is 7.25. The van der Waals surface area contributed by atoms with Crippen LogP contribution in [-0.4, -0.2) is 41.6 Å². The maximum atomic E-state index is 13.2. The summed E-state index contributed by atoms with van der Waals surface area (Å²) in [6.45, 7) is 11.2. The summed E-state index contributed by atoms with van der Waals surface area (Å²) in [5, 5.41) is 3.11. The number of rotatable bonds is 6. The summed E-state index contributed by atoms with van der Waals surface area (Å²) in [5.41, 5.74) is 1.31. The summed E-state index contributed by atoms with van der Waals surface area (Å²) in [4.78, 5) is 41.0. The highest BCUT2D eigenvalue weighted by Gasteiger charge is 2.33. The molecule has 5 nitrogen and oxygen atoms in total. The molecule has 0 aromatic heterocycles. The third-order valence-electron chi connectivity index (χ3n) is 7.25. The van der Waals surface area contributed by atoms with Gasteiger partial charge in [0.2, 0.25) is 5.91 Å². The summed E-state index contributed by atoms with van der Waals surface area (Å²) in [5.74, 6) is 0.510. The summed E-state index contributed by atoms with van der Waals surface area (Å²) in [7, 11) is 0. The highest BCUT2D eigenvalue weighted by Crippen LogP contribution is 2.31. The highest BCUT2D eigenvalue weighted by atomic mass is 16.2. The molecule has 2 fully saturated rings. The second-order valence-electron chi connectivity index (χ2n) is 11.4. The molecule has 1 aromatic rings. The highest BCUT2D eigenvalue weighted by molar-refractivity contribution is 5.98. The van der Waals surface area contributed by atoms with Crippen LogP contribution in [-0.2, 0) is 9.59 Å². The first-order valence-electron chi connectivity index (χ1n) is 12.8. The molecule has 1 N–H and O–H groups in total. The Labute approximate surface area is 199 Å². The van der Waals surface area contributed by atoms with Gasteiger partial charge in [-0.15, -0.1) is 0 Å². The molecular weight excluding hydrogens is 412 g/mol. The van der Waals surface area contributed by atoms with Crippen molar-refractivity contribution >= 4 is 17.6 Å². The Kier molecular flexibility index (Phi) is 8.36. The Morgan fingerprint density at radius 2 is 1.70 bits per heavy atom. The maximum Gasteiger partial charge on any atom is 0.251 e. The zero-order chi connectivity index (χ0) is 24.2. The van der Waals surface area contributed by atoms with Crippen molar-refractivity contribution in [2.45, 2.75) is 91.5 Å². The molecule has 33 heavy (non-hydrogen) atoms. The molecule has 1 saturated carbocycles. The first kappa shape index (κ1) is 25.5. The molecule has 2 amide bonds. The molecular formula is C28H42N2O3. The van der Waals surface area contributed by atoms with Crippen LogP contribution in [0.1, 0.15) is 101 Å². The molecule has 1 aromatic carbocycles. The number of hydrogen-bond acceptors (Lipinski definition) is 3. The third kappa shape index (κ3) is 6.45.